The van der Waals surface area contributed by atoms with Crippen molar-refractivity contribution in [2.24, 2.45) is 0 Å². The number of anilines is 1. The van der Waals surface area contributed by atoms with Crippen molar-refractivity contribution < 1.29 is 4.39 Å². The zero-order valence-electron chi connectivity index (χ0n) is 9.00. The van der Waals surface area contributed by atoms with Gasteiger partial charge in [-0.25, -0.2) is 9.37 Å². The summed E-state index contributed by atoms with van der Waals surface area (Å²) in [7, 11) is 0. The fraction of sp³-hybridized carbons (Fsp3) is 0.600. The second kappa shape index (κ2) is 5.85. The van der Waals surface area contributed by atoms with Crippen molar-refractivity contribution in [3.05, 3.63) is 17.3 Å². The maximum absolute atomic E-state index is 13.4. The number of nitrogens with zero attached hydrogens (tertiary/aromatic N) is 3. The molecule has 0 unspecified atom stereocenters. The van der Waals surface area contributed by atoms with E-state index in [0.717, 1.165) is 32.1 Å². The Balaban J connectivity index is 2.93. The summed E-state index contributed by atoms with van der Waals surface area (Å²) in [6, 6.07) is 0. The van der Waals surface area contributed by atoms with Gasteiger partial charge in [-0.3, -0.25) is 0 Å². The molecule has 0 aliphatic carbocycles. The Bertz CT molecular complexity index is 314. The summed E-state index contributed by atoms with van der Waals surface area (Å²) in [6.07, 6.45) is 3.01. The number of hydrogen-bond donors (Lipinski definition) is 0. The first-order chi connectivity index (χ1) is 7.19. The summed E-state index contributed by atoms with van der Waals surface area (Å²) in [4.78, 5) is 9.40. The highest BCUT2D eigenvalue weighted by Crippen LogP contribution is 2.17. The second-order valence-corrected chi connectivity index (χ2v) is 3.64. The fourth-order valence-corrected chi connectivity index (χ4v) is 1.55. The third kappa shape index (κ3) is 3.30. The van der Waals surface area contributed by atoms with Crippen LogP contribution in [0.5, 0.6) is 0 Å². The van der Waals surface area contributed by atoms with Gasteiger partial charge in [0.15, 0.2) is 11.6 Å². The average molecular weight is 232 g/mol. The van der Waals surface area contributed by atoms with Crippen LogP contribution in [-0.4, -0.2) is 23.1 Å². The quantitative estimate of drug-likeness (QED) is 0.730. The first-order valence-corrected chi connectivity index (χ1v) is 5.49. The largest absolute Gasteiger partial charge is 0.354 e. The summed E-state index contributed by atoms with van der Waals surface area (Å²) in [5, 5.41) is 0.0867. The van der Waals surface area contributed by atoms with Crippen molar-refractivity contribution in [2.75, 3.05) is 18.0 Å². The van der Waals surface area contributed by atoms with Crippen LogP contribution in [0.1, 0.15) is 26.7 Å². The van der Waals surface area contributed by atoms with Crippen LogP contribution in [-0.2, 0) is 0 Å². The van der Waals surface area contributed by atoms with Crippen molar-refractivity contribution >= 4 is 17.4 Å². The Labute approximate surface area is 94.3 Å². The molecule has 1 rings (SSSR count). The molecule has 0 spiro atoms. The van der Waals surface area contributed by atoms with Crippen LogP contribution in [0.3, 0.4) is 0 Å². The minimum atomic E-state index is -0.415. The Morgan fingerprint density at radius 1 is 1.33 bits per heavy atom. The predicted molar refractivity (Wildman–Crippen MR) is 59.8 cm³/mol. The van der Waals surface area contributed by atoms with Crippen LogP contribution in [0.4, 0.5) is 10.2 Å². The van der Waals surface area contributed by atoms with Crippen molar-refractivity contribution in [1.29, 1.82) is 0 Å². The molecular weight excluding hydrogens is 217 g/mol. The highest BCUT2D eigenvalue weighted by molar-refractivity contribution is 6.28. The highest BCUT2D eigenvalue weighted by Gasteiger charge is 2.12. The standard InChI is InChI=1S/C10H15ClFN3/c1-3-5-15(6-4-2)9-8(12)7-13-10(11)14-9/h7H,3-6H2,1-2H3. The van der Waals surface area contributed by atoms with Crippen LogP contribution in [0, 0.1) is 5.82 Å². The van der Waals surface area contributed by atoms with Crippen molar-refractivity contribution in [3.8, 4) is 0 Å². The Morgan fingerprint density at radius 2 is 1.93 bits per heavy atom. The molecule has 0 aliphatic rings. The molecule has 3 nitrogen and oxygen atoms in total. The van der Waals surface area contributed by atoms with E-state index in [2.05, 4.69) is 9.97 Å². The second-order valence-electron chi connectivity index (χ2n) is 3.30. The van der Waals surface area contributed by atoms with Crippen LogP contribution >= 0.6 is 11.6 Å². The van der Waals surface area contributed by atoms with Crippen LogP contribution in [0.15, 0.2) is 6.20 Å². The molecule has 0 amide bonds. The lowest BCUT2D eigenvalue weighted by Crippen LogP contribution is -2.27. The third-order valence-electron chi connectivity index (χ3n) is 1.98. The average Bonchev–Trinajstić information content (AvgIpc) is 2.21. The number of hydrogen-bond acceptors (Lipinski definition) is 3. The SMILES string of the molecule is CCCN(CCC)c1nc(Cl)ncc1F. The molecule has 0 radical (unpaired) electrons. The molecule has 0 N–H and O–H groups in total. The molecule has 0 bridgehead atoms. The summed E-state index contributed by atoms with van der Waals surface area (Å²) in [5.74, 6) is -0.111. The van der Waals surface area contributed by atoms with Crippen molar-refractivity contribution in [2.45, 2.75) is 26.7 Å². The van der Waals surface area contributed by atoms with E-state index in [-0.39, 0.29) is 5.28 Å². The molecular formula is C10H15ClFN3. The van der Waals surface area contributed by atoms with Crippen LogP contribution in [0.25, 0.3) is 0 Å². The zero-order valence-corrected chi connectivity index (χ0v) is 9.76. The highest BCUT2D eigenvalue weighted by atomic mass is 35.5. The van der Waals surface area contributed by atoms with Gasteiger partial charge in [-0.2, -0.15) is 4.98 Å². The maximum atomic E-state index is 13.4. The van der Waals surface area contributed by atoms with Gasteiger partial charge in [-0.1, -0.05) is 13.8 Å². The maximum Gasteiger partial charge on any atom is 0.224 e. The summed E-state index contributed by atoms with van der Waals surface area (Å²) in [6.45, 7) is 5.64. The van der Waals surface area contributed by atoms with E-state index >= 15 is 0 Å². The molecule has 1 aromatic rings. The Hall–Kier alpha value is -0.900. The minimum Gasteiger partial charge on any atom is -0.354 e. The van der Waals surface area contributed by atoms with Crippen molar-refractivity contribution in [3.63, 3.8) is 0 Å². The number of rotatable bonds is 5. The van der Waals surface area contributed by atoms with Gasteiger partial charge in [-0.15, -0.1) is 0 Å². The monoisotopic (exact) mass is 231 g/mol. The van der Waals surface area contributed by atoms with Gasteiger partial charge in [0.1, 0.15) is 0 Å². The molecule has 1 heterocycles. The first kappa shape index (κ1) is 12.2. The molecule has 1 aromatic heterocycles. The van der Waals surface area contributed by atoms with E-state index in [4.69, 9.17) is 11.6 Å². The molecule has 84 valence electrons. The lowest BCUT2D eigenvalue weighted by molar-refractivity contribution is 0.597. The summed E-state index contributed by atoms with van der Waals surface area (Å²) in [5.41, 5.74) is 0. The predicted octanol–water partition coefficient (Wildman–Crippen LogP) is 2.90. The Kier molecular flexibility index (Phi) is 4.75. The lowest BCUT2D eigenvalue weighted by atomic mass is 10.3. The van der Waals surface area contributed by atoms with Crippen LogP contribution in [0.2, 0.25) is 5.28 Å². The van der Waals surface area contributed by atoms with E-state index in [0.29, 0.717) is 5.82 Å². The van der Waals surface area contributed by atoms with E-state index in [9.17, 15) is 4.39 Å². The molecule has 0 saturated carbocycles. The van der Waals surface area contributed by atoms with Crippen molar-refractivity contribution in [1.82, 2.24) is 9.97 Å². The van der Waals surface area contributed by atoms with Gasteiger partial charge >= 0.3 is 0 Å². The van der Waals surface area contributed by atoms with Gasteiger partial charge in [0.25, 0.3) is 0 Å². The fourth-order valence-electron chi connectivity index (χ4n) is 1.42. The minimum absolute atomic E-state index is 0.0867. The molecule has 0 atom stereocenters. The molecule has 5 heteroatoms. The molecule has 0 aromatic carbocycles. The molecule has 0 aliphatic heterocycles. The van der Waals surface area contributed by atoms with E-state index < -0.39 is 5.82 Å². The summed E-state index contributed by atoms with van der Waals surface area (Å²) >= 11 is 5.65. The normalized spacial score (nSPS) is 10.4. The van der Waals surface area contributed by atoms with Gasteiger partial charge in [0, 0.05) is 13.1 Å². The Morgan fingerprint density at radius 3 is 2.47 bits per heavy atom. The summed E-state index contributed by atoms with van der Waals surface area (Å²) < 4.78 is 13.4. The first-order valence-electron chi connectivity index (χ1n) is 5.12. The molecule has 0 saturated heterocycles. The smallest absolute Gasteiger partial charge is 0.224 e. The van der Waals surface area contributed by atoms with E-state index in [1.807, 2.05) is 18.7 Å². The van der Waals surface area contributed by atoms with Gasteiger partial charge in [-0.05, 0) is 24.4 Å². The van der Waals surface area contributed by atoms with Gasteiger partial charge in [0.2, 0.25) is 5.28 Å². The molecule has 0 fully saturated rings. The third-order valence-corrected chi connectivity index (χ3v) is 2.16. The van der Waals surface area contributed by atoms with Gasteiger partial charge < -0.3 is 4.90 Å². The number of aromatic nitrogens is 2. The zero-order chi connectivity index (χ0) is 11.3. The number of halogens is 2. The van der Waals surface area contributed by atoms with E-state index in [1.165, 1.54) is 0 Å². The topological polar surface area (TPSA) is 29.0 Å². The van der Waals surface area contributed by atoms with Gasteiger partial charge in [0.05, 0.1) is 6.20 Å². The lowest BCUT2D eigenvalue weighted by Gasteiger charge is -2.22. The van der Waals surface area contributed by atoms with Crippen LogP contribution < -0.4 is 4.90 Å². The van der Waals surface area contributed by atoms with E-state index in [1.54, 1.807) is 0 Å². The molecule has 15 heavy (non-hydrogen) atoms.